The largest absolute Gasteiger partial charge is 0.340 e. The number of thioether (sulfide) groups is 1. The van der Waals surface area contributed by atoms with Crippen LogP contribution in [0.3, 0.4) is 0 Å². The molecular formula is C19H29N3O2S. The summed E-state index contributed by atoms with van der Waals surface area (Å²) in [7, 11) is 0. The smallest absolute Gasteiger partial charge is 0.251 e. The van der Waals surface area contributed by atoms with Gasteiger partial charge in [-0.05, 0) is 55.9 Å². The Morgan fingerprint density at radius 2 is 2.20 bits per heavy atom. The van der Waals surface area contributed by atoms with E-state index in [0.29, 0.717) is 31.6 Å². The molecule has 5 nitrogen and oxygen atoms in total. The van der Waals surface area contributed by atoms with Crippen LogP contribution >= 0.6 is 11.8 Å². The molecule has 2 unspecified atom stereocenters. The van der Waals surface area contributed by atoms with Gasteiger partial charge in [-0.2, -0.15) is 11.8 Å². The van der Waals surface area contributed by atoms with E-state index in [1.165, 1.54) is 0 Å². The average molecular weight is 364 g/mol. The third kappa shape index (κ3) is 5.22. The van der Waals surface area contributed by atoms with Gasteiger partial charge in [0.05, 0.1) is 0 Å². The molecule has 3 N–H and O–H groups in total. The Bertz CT molecular complexity index is 622. The first kappa shape index (κ1) is 19.8. The molecule has 1 saturated heterocycles. The van der Waals surface area contributed by atoms with Crippen molar-refractivity contribution in [3.05, 3.63) is 35.4 Å². The molecule has 1 aromatic rings. The summed E-state index contributed by atoms with van der Waals surface area (Å²) in [6.45, 7) is 6.01. The van der Waals surface area contributed by atoms with E-state index in [-0.39, 0.29) is 17.2 Å². The van der Waals surface area contributed by atoms with Crippen LogP contribution in [0.4, 0.5) is 0 Å². The number of hydrogen-bond acceptors (Lipinski definition) is 4. The first-order chi connectivity index (χ1) is 11.9. The van der Waals surface area contributed by atoms with Gasteiger partial charge in [0.15, 0.2) is 0 Å². The van der Waals surface area contributed by atoms with Gasteiger partial charge in [-0.15, -0.1) is 0 Å². The average Bonchev–Trinajstić information content (AvgIpc) is 3.01. The minimum absolute atomic E-state index is 0.00669. The van der Waals surface area contributed by atoms with E-state index in [2.05, 4.69) is 12.2 Å². The van der Waals surface area contributed by atoms with Crippen molar-refractivity contribution in [1.29, 1.82) is 0 Å². The number of carbonyl (C=O) groups excluding carboxylic acids is 2. The van der Waals surface area contributed by atoms with Gasteiger partial charge in [-0.25, -0.2) is 0 Å². The second kappa shape index (κ2) is 8.72. The molecule has 2 atom stereocenters. The first-order valence-corrected chi connectivity index (χ1v) is 10.1. The summed E-state index contributed by atoms with van der Waals surface area (Å²) in [4.78, 5) is 27.4. The summed E-state index contributed by atoms with van der Waals surface area (Å²) in [5, 5.41) is 2.94. The van der Waals surface area contributed by atoms with Gasteiger partial charge < -0.3 is 16.0 Å². The third-order valence-electron chi connectivity index (χ3n) is 4.86. The van der Waals surface area contributed by atoms with Crippen LogP contribution in [0.15, 0.2) is 24.3 Å². The van der Waals surface area contributed by atoms with Crippen molar-refractivity contribution in [2.24, 2.45) is 11.1 Å². The van der Waals surface area contributed by atoms with E-state index in [4.69, 9.17) is 5.73 Å². The number of amides is 2. The molecule has 138 valence electrons. The predicted octanol–water partition coefficient (Wildman–Crippen LogP) is 2.04. The van der Waals surface area contributed by atoms with E-state index in [0.717, 1.165) is 17.7 Å². The summed E-state index contributed by atoms with van der Waals surface area (Å²) < 4.78 is 0. The number of aryl methyl sites for hydroxylation is 1. The highest BCUT2D eigenvalue weighted by atomic mass is 32.2. The van der Waals surface area contributed by atoms with Crippen LogP contribution in [0.5, 0.6) is 0 Å². The highest BCUT2D eigenvalue weighted by molar-refractivity contribution is 7.98. The number of rotatable bonds is 7. The second-order valence-electron chi connectivity index (χ2n) is 7.20. The third-order valence-corrected chi connectivity index (χ3v) is 5.50. The molecule has 25 heavy (non-hydrogen) atoms. The van der Waals surface area contributed by atoms with Crippen molar-refractivity contribution in [3.63, 3.8) is 0 Å². The molecular weight excluding hydrogens is 334 g/mol. The highest BCUT2D eigenvalue weighted by Crippen LogP contribution is 2.29. The normalized spacial score (nSPS) is 21.2. The molecule has 0 saturated carbocycles. The second-order valence-corrected chi connectivity index (χ2v) is 8.19. The molecule has 2 rings (SSSR count). The Labute approximate surface area is 154 Å². The quantitative estimate of drug-likeness (QED) is 0.777. The Hall–Kier alpha value is -1.53. The summed E-state index contributed by atoms with van der Waals surface area (Å²) >= 11 is 1.68. The van der Waals surface area contributed by atoms with Crippen LogP contribution in [0.2, 0.25) is 0 Å². The zero-order valence-electron chi connectivity index (χ0n) is 15.4. The van der Waals surface area contributed by atoms with Crippen LogP contribution in [0.25, 0.3) is 0 Å². The minimum Gasteiger partial charge on any atom is -0.340 e. The van der Waals surface area contributed by atoms with Gasteiger partial charge in [0.1, 0.15) is 6.04 Å². The number of hydrogen-bond donors (Lipinski definition) is 2. The van der Waals surface area contributed by atoms with Gasteiger partial charge in [0.25, 0.3) is 5.91 Å². The maximum absolute atomic E-state index is 12.9. The SMILES string of the molecule is CSCCC(NC(=O)c1cccc(C)c1)C(=O)N1CCC(C)(CN)C1. The number of nitrogens with one attached hydrogen (secondary N) is 1. The maximum atomic E-state index is 12.9. The molecule has 1 heterocycles. The lowest BCUT2D eigenvalue weighted by molar-refractivity contribution is -0.132. The number of benzene rings is 1. The fourth-order valence-corrected chi connectivity index (χ4v) is 3.59. The monoisotopic (exact) mass is 363 g/mol. The Morgan fingerprint density at radius 3 is 2.80 bits per heavy atom. The summed E-state index contributed by atoms with van der Waals surface area (Å²) in [5.74, 6) is 0.642. The molecule has 0 bridgehead atoms. The molecule has 1 fully saturated rings. The molecule has 1 aliphatic heterocycles. The van der Waals surface area contributed by atoms with Crippen molar-refractivity contribution in [1.82, 2.24) is 10.2 Å². The van der Waals surface area contributed by atoms with Crippen molar-refractivity contribution in [2.45, 2.75) is 32.7 Å². The highest BCUT2D eigenvalue weighted by Gasteiger charge is 2.37. The topological polar surface area (TPSA) is 75.4 Å². The lowest BCUT2D eigenvalue weighted by atomic mass is 9.90. The van der Waals surface area contributed by atoms with Crippen LogP contribution in [0.1, 0.15) is 35.7 Å². The van der Waals surface area contributed by atoms with Crippen LogP contribution < -0.4 is 11.1 Å². The fourth-order valence-electron chi connectivity index (χ4n) is 3.12. The van der Waals surface area contributed by atoms with Gasteiger partial charge >= 0.3 is 0 Å². The van der Waals surface area contributed by atoms with Crippen molar-refractivity contribution >= 4 is 23.6 Å². The van der Waals surface area contributed by atoms with E-state index in [1.807, 2.05) is 36.3 Å². The lowest BCUT2D eigenvalue weighted by Gasteiger charge is -2.26. The van der Waals surface area contributed by atoms with E-state index >= 15 is 0 Å². The van der Waals surface area contributed by atoms with E-state index in [9.17, 15) is 9.59 Å². The Kier molecular flexibility index (Phi) is 6.90. The first-order valence-electron chi connectivity index (χ1n) is 8.74. The van der Waals surface area contributed by atoms with Gasteiger partial charge in [-0.3, -0.25) is 9.59 Å². The minimum atomic E-state index is -0.486. The van der Waals surface area contributed by atoms with Crippen molar-refractivity contribution < 1.29 is 9.59 Å². The lowest BCUT2D eigenvalue weighted by Crippen LogP contribution is -2.49. The molecule has 0 radical (unpaired) electrons. The Balaban J connectivity index is 2.07. The zero-order valence-corrected chi connectivity index (χ0v) is 16.2. The maximum Gasteiger partial charge on any atom is 0.251 e. The fraction of sp³-hybridized carbons (Fsp3) is 0.579. The van der Waals surface area contributed by atoms with Crippen LogP contribution in [0, 0.1) is 12.3 Å². The standard InChI is InChI=1S/C19H29N3O2S/c1-14-5-4-6-15(11-14)17(23)21-16(7-10-25-3)18(24)22-9-8-19(2,12-20)13-22/h4-6,11,16H,7-10,12-13,20H2,1-3H3,(H,21,23). The van der Waals surface area contributed by atoms with Crippen molar-refractivity contribution in [3.8, 4) is 0 Å². The molecule has 2 amide bonds. The summed E-state index contributed by atoms with van der Waals surface area (Å²) in [5.41, 5.74) is 7.45. The van der Waals surface area contributed by atoms with Crippen LogP contribution in [-0.4, -0.2) is 54.4 Å². The molecule has 0 spiro atoms. The van der Waals surface area contributed by atoms with E-state index in [1.54, 1.807) is 17.8 Å². The number of nitrogens with two attached hydrogens (primary N) is 1. The summed E-state index contributed by atoms with van der Waals surface area (Å²) in [6.07, 6.45) is 3.55. The molecule has 1 aromatic carbocycles. The van der Waals surface area contributed by atoms with Crippen molar-refractivity contribution in [2.75, 3.05) is 31.6 Å². The number of nitrogens with zero attached hydrogens (tertiary/aromatic N) is 1. The van der Waals surface area contributed by atoms with E-state index < -0.39 is 6.04 Å². The Morgan fingerprint density at radius 1 is 1.44 bits per heavy atom. The number of carbonyl (C=O) groups is 2. The predicted molar refractivity (Wildman–Crippen MR) is 104 cm³/mol. The molecule has 1 aliphatic rings. The van der Waals surface area contributed by atoms with Crippen LogP contribution in [-0.2, 0) is 4.79 Å². The number of likely N-dealkylation sites (tertiary alicyclic amines) is 1. The van der Waals surface area contributed by atoms with Gasteiger partial charge in [0.2, 0.25) is 5.91 Å². The zero-order chi connectivity index (χ0) is 18.4. The molecule has 6 heteroatoms. The summed E-state index contributed by atoms with van der Waals surface area (Å²) in [6, 6.07) is 6.94. The van der Waals surface area contributed by atoms with Gasteiger partial charge in [0, 0.05) is 18.7 Å². The molecule has 0 aromatic heterocycles. The molecule has 0 aliphatic carbocycles. The van der Waals surface area contributed by atoms with Gasteiger partial charge in [-0.1, -0.05) is 24.6 Å².